The van der Waals surface area contributed by atoms with Crippen molar-refractivity contribution < 1.29 is 24.0 Å². The van der Waals surface area contributed by atoms with Crippen molar-refractivity contribution in [1.29, 1.82) is 0 Å². The Balaban J connectivity index is 0.00000135. The van der Waals surface area contributed by atoms with E-state index < -0.39 is 13.2 Å². The lowest BCUT2D eigenvalue weighted by Crippen LogP contribution is -2.47. The van der Waals surface area contributed by atoms with Gasteiger partial charge in [0.2, 0.25) is 5.91 Å². The average Bonchev–Trinajstić information content (AvgIpc) is 2.64. The fourth-order valence-electron chi connectivity index (χ4n) is 3.56. The Morgan fingerprint density at radius 2 is 1.52 bits per heavy atom. The predicted molar refractivity (Wildman–Crippen MR) is 124 cm³/mol. The maximum Gasteiger partial charge on any atom is 0.466 e. The number of hydrogen-bond donors (Lipinski definition) is 4. The fraction of sp³-hybridized carbons (Fsp3) is 0.429. The van der Waals surface area contributed by atoms with Crippen LogP contribution in [0.5, 0.6) is 0 Å². The summed E-state index contributed by atoms with van der Waals surface area (Å²) in [5.74, 6) is -0.357. The SMILES string of the molecule is CC(C)N(CCC(C(N)=O)(c1ccccc1)c1ccccn1)C(C)C.Cl.O=P(O)(O)O. The van der Waals surface area contributed by atoms with Gasteiger partial charge < -0.3 is 20.4 Å². The molecule has 0 fully saturated rings. The second-order valence-electron chi connectivity index (χ2n) is 7.54. The van der Waals surface area contributed by atoms with Crippen molar-refractivity contribution in [3.05, 3.63) is 66.0 Å². The van der Waals surface area contributed by atoms with Gasteiger partial charge in [0.25, 0.3) is 0 Å². The van der Waals surface area contributed by atoms with Crippen LogP contribution in [0.1, 0.15) is 45.4 Å². The maximum atomic E-state index is 12.7. The molecule has 0 bridgehead atoms. The van der Waals surface area contributed by atoms with Crippen LogP contribution < -0.4 is 5.73 Å². The van der Waals surface area contributed by atoms with E-state index in [1.165, 1.54) is 0 Å². The number of phosphoric acid groups is 1. The van der Waals surface area contributed by atoms with Crippen LogP contribution >= 0.6 is 20.2 Å². The van der Waals surface area contributed by atoms with Crippen LogP contribution in [0.3, 0.4) is 0 Å². The van der Waals surface area contributed by atoms with Gasteiger partial charge in [-0.1, -0.05) is 36.4 Å². The Bertz CT molecular complexity index is 776. The zero-order chi connectivity index (χ0) is 22.9. The van der Waals surface area contributed by atoms with E-state index in [0.29, 0.717) is 24.2 Å². The Hall–Kier alpha value is -1.80. The van der Waals surface area contributed by atoms with Gasteiger partial charge in [0.15, 0.2) is 0 Å². The van der Waals surface area contributed by atoms with Crippen LogP contribution in [-0.2, 0) is 14.8 Å². The van der Waals surface area contributed by atoms with E-state index in [1.54, 1.807) is 6.20 Å². The second-order valence-corrected chi connectivity index (χ2v) is 8.57. The van der Waals surface area contributed by atoms with E-state index in [-0.39, 0.29) is 18.3 Å². The first-order chi connectivity index (χ1) is 13.9. The molecule has 1 atom stereocenters. The van der Waals surface area contributed by atoms with Gasteiger partial charge in [-0.05, 0) is 51.8 Å². The summed E-state index contributed by atoms with van der Waals surface area (Å²) in [6.07, 6.45) is 2.32. The van der Waals surface area contributed by atoms with Gasteiger partial charge >= 0.3 is 7.82 Å². The summed E-state index contributed by atoms with van der Waals surface area (Å²) >= 11 is 0. The lowest BCUT2D eigenvalue weighted by atomic mass is 9.73. The number of pyridine rings is 1. The molecular weight excluding hydrogens is 441 g/mol. The summed E-state index contributed by atoms with van der Waals surface area (Å²) in [6, 6.07) is 16.2. The van der Waals surface area contributed by atoms with Gasteiger partial charge in [-0.25, -0.2) is 4.57 Å². The van der Waals surface area contributed by atoms with Crippen molar-refractivity contribution in [3.8, 4) is 0 Å². The molecular formula is C21H33ClN3O5P. The molecule has 10 heteroatoms. The first-order valence-electron chi connectivity index (χ1n) is 9.70. The largest absolute Gasteiger partial charge is 0.466 e. The molecule has 0 spiro atoms. The number of hydrogen-bond acceptors (Lipinski definition) is 4. The van der Waals surface area contributed by atoms with Crippen LogP contribution in [-0.4, -0.2) is 49.1 Å². The van der Waals surface area contributed by atoms with Gasteiger partial charge in [0.1, 0.15) is 5.41 Å². The molecule has 5 N–H and O–H groups in total. The van der Waals surface area contributed by atoms with E-state index in [9.17, 15) is 4.79 Å². The summed E-state index contributed by atoms with van der Waals surface area (Å²) in [6.45, 7) is 9.47. The van der Waals surface area contributed by atoms with Gasteiger partial charge in [-0.3, -0.25) is 14.7 Å². The van der Waals surface area contributed by atoms with Crippen molar-refractivity contribution in [2.24, 2.45) is 5.73 Å². The summed E-state index contributed by atoms with van der Waals surface area (Å²) in [7, 11) is -4.64. The molecule has 0 aliphatic carbocycles. The van der Waals surface area contributed by atoms with Crippen LogP contribution in [0.2, 0.25) is 0 Å². The number of halogens is 1. The smallest absolute Gasteiger partial charge is 0.369 e. The highest BCUT2D eigenvalue weighted by Crippen LogP contribution is 2.35. The molecule has 0 saturated carbocycles. The molecule has 0 aliphatic heterocycles. The highest BCUT2D eigenvalue weighted by molar-refractivity contribution is 7.45. The van der Waals surface area contributed by atoms with E-state index in [0.717, 1.165) is 12.1 Å². The molecule has 8 nitrogen and oxygen atoms in total. The van der Waals surface area contributed by atoms with Crippen molar-refractivity contribution in [3.63, 3.8) is 0 Å². The average molecular weight is 474 g/mol. The van der Waals surface area contributed by atoms with Crippen LogP contribution in [0, 0.1) is 0 Å². The molecule has 1 amide bonds. The van der Waals surface area contributed by atoms with Crippen LogP contribution in [0.25, 0.3) is 0 Å². The summed E-state index contributed by atoms with van der Waals surface area (Å²) in [5, 5.41) is 0. The third-order valence-corrected chi connectivity index (χ3v) is 4.86. The Kier molecular flexibility index (Phi) is 12.2. The van der Waals surface area contributed by atoms with Gasteiger partial charge in [-0.15, -0.1) is 12.4 Å². The normalized spacial score (nSPS) is 13.2. The van der Waals surface area contributed by atoms with Crippen molar-refractivity contribution in [1.82, 2.24) is 9.88 Å². The van der Waals surface area contributed by atoms with Crippen molar-refractivity contribution >= 4 is 26.1 Å². The molecule has 0 saturated heterocycles. The molecule has 1 aromatic carbocycles. The van der Waals surface area contributed by atoms with Gasteiger partial charge in [0.05, 0.1) is 5.69 Å². The monoisotopic (exact) mass is 473 g/mol. The van der Waals surface area contributed by atoms with Crippen LogP contribution in [0.15, 0.2) is 54.7 Å². The summed E-state index contributed by atoms with van der Waals surface area (Å²) in [4.78, 5) is 41.2. The number of benzene rings is 1. The third-order valence-electron chi connectivity index (χ3n) is 4.86. The Morgan fingerprint density at radius 3 is 1.90 bits per heavy atom. The molecule has 31 heavy (non-hydrogen) atoms. The topological polar surface area (TPSA) is 137 Å². The maximum absolute atomic E-state index is 12.7. The number of nitrogens with zero attached hydrogens (tertiary/aromatic N) is 2. The number of carbonyl (C=O) groups excluding carboxylic acids is 1. The molecule has 2 aromatic rings. The molecule has 1 heterocycles. The quantitative estimate of drug-likeness (QED) is 0.432. The highest BCUT2D eigenvalue weighted by Gasteiger charge is 2.42. The van der Waals surface area contributed by atoms with E-state index in [2.05, 4.69) is 37.6 Å². The molecule has 1 unspecified atom stereocenters. The van der Waals surface area contributed by atoms with E-state index >= 15 is 0 Å². The third kappa shape index (κ3) is 9.07. The lowest BCUT2D eigenvalue weighted by molar-refractivity contribution is -0.122. The van der Waals surface area contributed by atoms with Crippen molar-refractivity contribution in [2.75, 3.05) is 6.54 Å². The fourth-order valence-corrected chi connectivity index (χ4v) is 3.56. The second kappa shape index (κ2) is 12.9. The molecule has 0 aliphatic rings. The highest BCUT2D eigenvalue weighted by atomic mass is 35.5. The predicted octanol–water partition coefficient (Wildman–Crippen LogP) is 2.86. The molecule has 2 rings (SSSR count). The molecule has 1 aromatic heterocycles. The number of primary amides is 1. The minimum atomic E-state index is -4.64. The Morgan fingerprint density at radius 1 is 1.03 bits per heavy atom. The van der Waals surface area contributed by atoms with E-state index in [1.807, 2.05) is 48.5 Å². The van der Waals surface area contributed by atoms with E-state index in [4.69, 9.17) is 25.0 Å². The molecule has 0 radical (unpaired) electrons. The molecule has 174 valence electrons. The lowest BCUT2D eigenvalue weighted by Gasteiger charge is -2.36. The standard InChI is InChI=1S/C21H29N3O.ClH.H3O4P/c1-16(2)24(17(3)4)15-13-21(20(22)25,18-10-6-5-7-11-18)19-12-8-9-14-23-19;;1-5(2,3)4/h5-12,14,16-17H,13,15H2,1-4H3,(H2,22,25);1H;(H3,1,2,3,4). The number of nitrogens with two attached hydrogens (primary N) is 1. The number of rotatable bonds is 8. The summed E-state index contributed by atoms with van der Waals surface area (Å²) < 4.78 is 8.88. The number of carbonyl (C=O) groups is 1. The van der Waals surface area contributed by atoms with Crippen LogP contribution in [0.4, 0.5) is 0 Å². The number of aromatic nitrogens is 1. The minimum absolute atomic E-state index is 0. The van der Waals surface area contributed by atoms with Gasteiger partial charge in [0, 0.05) is 24.8 Å². The van der Waals surface area contributed by atoms with Crippen molar-refractivity contribution in [2.45, 2.75) is 51.6 Å². The first-order valence-corrected chi connectivity index (χ1v) is 11.3. The zero-order valence-electron chi connectivity index (χ0n) is 18.3. The zero-order valence-corrected chi connectivity index (χ0v) is 20.0. The summed E-state index contributed by atoms with van der Waals surface area (Å²) in [5.41, 5.74) is 6.66. The van der Waals surface area contributed by atoms with Gasteiger partial charge in [-0.2, -0.15) is 0 Å². The first kappa shape index (κ1) is 29.2. The number of amides is 1. The minimum Gasteiger partial charge on any atom is -0.369 e. The Labute approximate surface area is 190 Å².